The molecule has 0 radical (unpaired) electrons. The maximum absolute atomic E-state index is 14.2. The van der Waals surface area contributed by atoms with Crippen molar-refractivity contribution >= 4 is 51.7 Å². The number of para-hydroxylation sites is 1. The van der Waals surface area contributed by atoms with E-state index in [-0.39, 0.29) is 55.6 Å². The van der Waals surface area contributed by atoms with Crippen LogP contribution < -0.4 is 10.2 Å². The van der Waals surface area contributed by atoms with Crippen molar-refractivity contribution in [3.63, 3.8) is 0 Å². The van der Waals surface area contributed by atoms with Crippen LogP contribution in [-0.2, 0) is 53.6 Å². The van der Waals surface area contributed by atoms with E-state index in [1.165, 1.54) is 35.6 Å². The number of halogens is 7. The van der Waals surface area contributed by atoms with E-state index in [1.807, 2.05) is 93.0 Å². The first-order valence-electron chi connectivity index (χ1n) is 33.2. The molecule has 1 N–H and O–H groups in total. The van der Waals surface area contributed by atoms with Gasteiger partial charge in [-0.15, -0.1) is 11.3 Å². The summed E-state index contributed by atoms with van der Waals surface area (Å²) in [5.41, 5.74) is -0.240. The van der Waals surface area contributed by atoms with Crippen LogP contribution in [-0.4, -0.2) is 185 Å². The van der Waals surface area contributed by atoms with Crippen molar-refractivity contribution in [2.45, 2.75) is 106 Å². The number of hydrogen-bond donors (Lipinski definition) is 1. The third kappa shape index (κ3) is 18.1. The molecule has 1 spiro atoms. The third-order valence-electron chi connectivity index (χ3n) is 19.6. The minimum atomic E-state index is -5.15. The lowest BCUT2D eigenvalue weighted by Crippen LogP contribution is -2.50. The van der Waals surface area contributed by atoms with E-state index in [0.717, 1.165) is 90.4 Å². The number of nitrogens with one attached hydrogen (secondary N) is 1. The minimum absolute atomic E-state index is 0.0277. The fourth-order valence-corrected chi connectivity index (χ4v) is 14.7. The van der Waals surface area contributed by atoms with E-state index < -0.39 is 64.6 Å². The standard InChI is InChI=1S/C73H85F7N8O8S/c1-82(35-15-36-85(4)68(92)62-27-28-66(97-62)84(3)34-14-6-9-22-64(89)83(2)42-43-86-37-29-58(30-38-86)96-69(93)81-61-21-13-11-19-59(61)51-16-7-5-8-17-51)65(90)48-94-63-46-52-18-10-12-20-60(52)70(63)31-39-87(40-32-70)41-33-71(54-23-25-57(74)26-24-54)49-88(50-95-71)67(91)53-44-55(72(75,76)77)47-56(45-53)73(78,79)80/h5,7-8,10-13,16-21,23-28,44-45,47,58,63H,6,9,14-15,22,29-43,46,48-50H2,1-4H3,(H,81,93)/t63-,71-/m0/s1. The highest BCUT2D eigenvalue weighted by Crippen LogP contribution is 2.49. The van der Waals surface area contributed by atoms with Crippen LogP contribution in [0.3, 0.4) is 0 Å². The molecule has 97 heavy (non-hydrogen) atoms. The predicted molar refractivity (Wildman–Crippen MR) is 358 cm³/mol. The molecule has 520 valence electrons. The molecular formula is C73H85F7N8O8S. The number of rotatable bonds is 26. The number of alkyl halides is 6. The first-order chi connectivity index (χ1) is 46.4. The molecule has 4 heterocycles. The zero-order chi connectivity index (χ0) is 69.1. The Balaban J connectivity index is 0.613. The summed E-state index contributed by atoms with van der Waals surface area (Å²) < 4.78 is 116. The molecule has 3 saturated heterocycles. The van der Waals surface area contributed by atoms with Gasteiger partial charge in [0.25, 0.3) is 11.8 Å². The predicted octanol–water partition coefficient (Wildman–Crippen LogP) is 13.1. The molecule has 16 nitrogen and oxygen atoms in total. The molecule has 24 heteroatoms. The highest BCUT2D eigenvalue weighted by molar-refractivity contribution is 7.18. The molecule has 5 aromatic carbocycles. The van der Waals surface area contributed by atoms with Crippen molar-refractivity contribution in [1.29, 1.82) is 0 Å². The Morgan fingerprint density at radius 2 is 1.32 bits per heavy atom. The Kier molecular flexibility index (Phi) is 23.5. The van der Waals surface area contributed by atoms with Crippen molar-refractivity contribution in [2.24, 2.45) is 0 Å². The maximum atomic E-state index is 14.2. The lowest BCUT2D eigenvalue weighted by Gasteiger charge is -2.44. The van der Waals surface area contributed by atoms with Crippen LogP contribution >= 0.6 is 11.3 Å². The SMILES string of the molecule is CN(CCN1CCC(OC(=O)Nc2ccccc2-c2ccccc2)CC1)C(=O)CCCCCN(C)c1ccc(C(=O)N(C)CCCN(C)C(=O)CO[C@H]2Cc3ccccc3C23CCN(CC[C@@]2(c4ccc(F)cc4)CN(C(=O)c4cc(C(F)(F)F)cc(C(F)(F)F)c4)CO2)CC3)s1. The van der Waals surface area contributed by atoms with Crippen molar-refractivity contribution < 1.29 is 68.9 Å². The second-order valence-corrected chi connectivity index (χ2v) is 27.1. The maximum Gasteiger partial charge on any atom is 0.416 e. The molecule has 10 rings (SSSR count). The first kappa shape index (κ1) is 71.9. The topological polar surface area (TPSA) is 148 Å². The van der Waals surface area contributed by atoms with E-state index >= 15 is 0 Å². The summed E-state index contributed by atoms with van der Waals surface area (Å²) in [5, 5.41) is 3.90. The molecule has 5 amide bonds. The van der Waals surface area contributed by atoms with Crippen LogP contribution in [0.25, 0.3) is 11.1 Å². The number of likely N-dealkylation sites (N-methyl/N-ethyl adjacent to an activating group) is 2. The number of unbranched alkanes of at least 4 members (excludes halogenated alkanes) is 2. The van der Waals surface area contributed by atoms with E-state index in [0.29, 0.717) is 99.6 Å². The second-order valence-electron chi connectivity index (χ2n) is 26.0. The van der Waals surface area contributed by atoms with Crippen LogP contribution in [0.1, 0.15) is 112 Å². The number of hydrogen-bond acceptors (Lipinski definition) is 12. The number of amides is 5. The number of thiophene rings is 1. The molecular weight excluding hydrogens is 1280 g/mol. The van der Waals surface area contributed by atoms with Crippen LogP contribution in [0.15, 0.2) is 133 Å². The van der Waals surface area contributed by atoms with E-state index in [4.69, 9.17) is 14.2 Å². The van der Waals surface area contributed by atoms with Crippen molar-refractivity contribution in [3.05, 3.63) is 178 Å². The van der Waals surface area contributed by atoms with Crippen molar-refractivity contribution in [2.75, 3.05) is 124 Å². The molecule has 0 saturated carbocycles. The van der Waals surface area contributed by atoms with Crippen LogP contribution in [0.2, 0.25) is 0 Å². The summed E-state index contributed by atoms with van der Waals surface area (Å²) in [7, 11) is 7.33. The zero-order valence-corrected chi connectivity index (χ0v) is 56.1. The Bertz CT molecular complexity index is 3640. The smallest absolute Gasteiger partial charge is 0.416 e. The van der Waals surface area contributed by atoms with Gasteiger partial charge in [0.2, 0.25) is 11.8 Å². The summed E-state index contributed by atoms with van der Waals surface area (Å²) in [6.07, 6.45) is -4.01. The average Bonchev–Trinajstić information content (AvgIpc) is 1.60. The number of piperidine rings is 2. The molecule has 1 aliphatic carbocycles. The average molecular weight is 1370 g/mol. The zero-order valence-electron chi connectivity index (χ0n) is 55.3. The number of likely N-dealkylation sites (tertiary alicyclic amines) is 2. The Morgan fingerprint density at radius 3 is 2.03 bits per heavy atom. The Hall–Kier alpha value is -7.90. The fraction of sp³-hybridized carbons (Fsp3) is 0.466. The minimum Gasteiger partial charge on any atom is -0.446 e. The largest absolute Gasteiger partial charge is 0.446 e. The molecule has 1 aromatic heterocycles. The van der Waals surface area contributed by atoms with Crippen LogP contribution in [0.5, 0.6) is 0 Å². The molecule has 4 aliphatic rings. The molecule has 2 atom stereocenters. The van der Waals surface area contributed by atoms with Gasteiger partial charge in [0, 0.05) is 104 Å². The number of carbonyl (C=O) groups is 5. The lowest BCUT2D eigenvalue weighted by molar-refractivity contribution is -0.143. The number of carbonyl (C=O) groups excluding carboxylic acids is 5. The summed E-state index contributed by atoms with van der Waals surface area (Å²) in [5.74, 6) is -1.78. The monoisotopic (exact) mass is 1370 g/mol. The van der Waals surface area contributed by atoms with Gasteiger partial charge in [-0.1, -0.05) is 91.3 Å². The molecule has 0 unspecified atom stereocenters. The molecule has 3 aliphatic heterocycles. The van der Waals surface area contributed by atoms with E-state index in [1.54, 1.807) is 28.8 Å². The Labute approximate surface area is 566 Å². The molecule has 6 aromatic rings. The highest BCUT2D eigenvalue weighted by atomic mass is 32.1. The number of ether oxygens (including phenoxy) is 3. The van der Waals surface area contributed by atoms with Gasteiger partial charge < -0.3 is 48.5 Å². The number of anilines is 2. The van der Waals surface area contributed by atoms with E-state index in [2.05, 4.69) is 32.1 Å². The molecule has 0 bridgehead atoms. The normalized spacial score (nSPS) is 18.2. The van der Waals surface area contributed by atoms with Crippen molar-refractivity contribution in [3.8, 4) is 11.1 Å². The summed E-state index contributed by atoms with van der Waals surface area (Å²) in [4.78, 5) is 80.4. The highest BCUT2D eigenvalue weighted by Gasteiger charge is 2.50. The Morgan fingerprint density at radius 1 is 0.670 bits per heavy atom. The van der Waals surface area contributed by atoms with E-state index in [9.17, 15) is 54.7 Å². The van der Waals surface area contributed by atoms with Gasteiger partial charge in [0.15, 0.2) is 0 Å². The summed E-state index contributed by atoms with van der Waals surface area (Å²) in [6, 6.07) is 35.8. The van der Waals surface area contributed by atoms with Gasteiger partial charge in [0.05, 0.1) is 39.3 Å². The first-order valence-corrected chi connectivity index (χ1v) is 34.0. The number of nitrogens with zero attached hydrogens (tertiary/aromatic N) is 7. The number of benzene rings is 5. The third-order valence-corrected chi connectivity index (χ3v) is 20.7. The second kappa shape index (κ2) is 31.7. The van der Waals surface area contributed by atoms with Gasteiger partial charge in [0.1, 0.15) is 30.9 Å². The van der Waals surface area contributed by atoms with Crippen LogP contribution in [0, 0.1) is 5.82 Å². The number of fused-ring (bicyclic) bond motifs is 2. The van der Waals surface area contributed by atoms with Gasteiger partial charge >= 0.3 is 18.4 Å². The van der Waals surface area contributed by atoms with Gasteiger partial charge in [-0.25, -0.2) is 9.18 Å². The lowest BCUT2D eigenvalue weighted by atomic mass is 9.72. The summed E-state index contributed by atoms with van der Waals surface area (Å²) in [6.45, 7) is 5.38. The van der Waals surface area contributed by atoms with Crippen LogP contribution in [0.4, 0.5) is 46.2 Å². The summed E-state index contributed by atoms with van der Waals surface area (Å²) >= 11 is 1.43. The fourth-order valence-electron chi connectivity index (χ4n) is 13.7. The quantitative estimate of drug-likeness (QED) is 0.0409. The van der Waals surface area contributed by atoms with Gasteiger partial charge in [-0.3, -0.25) is 24.5 Å². The van der Waals surface area contributed by atoms with Crippen molar-refractivity contribution in [1.82, 2.24) is 29.4 Å². The molecule has 3 fully saturated rings. The van der Waals surface area contributed by atoms with Gasteiger partial charge in [-0.2, -0.15) is 26.3 Å². The van der Waals surface area contributed by atoms with Gasteiger partial charge in [-0.05, 0) is 142 Å².